The van der Waals surface area contributed by atoms with Crippen LogP contribution in [0.15, 0.2) is 5.38 Å². The lowest BCUT2D eigenvalue weighted by Crippen LogP contribution is -2.28. The molecule has 7 heteroatoms. The van der Waals surface area contributed by atoms with E-state index in [1.807, 2.05) is 5.38 Å². The fourth-order valence-corrected chi connectivity index (χ4v) is 2.89. The molecule has 1 aliphatic rings. The van der Waals surface area contributed by atoms with E-state index in [0.29, 0.717) is 39.0 Å². The molecular formula is C13H19N3O3S. The van der Waals surface area contributed by atoms with Crippen LogP contribution in [0.2, 0.25) is 0 Å². The van der Waals surface area contributed by atoms with Gasteiger partial charge in [-0.2, -0.15) is 0 Å². The predicted octanol–water partition coefficient (Wildman–Crippen LogP) is 0.965. The van der Waals surface area contributed by atoms with Gasteiger partial charge in [-0.1, -0.05) is 0 Å². The molecule has 1 aromatic heterocycles. The summed E-state index contributed by atoms with van der Waals surface area (Å²) < 4.78 is 4.90. The zero-order valence-corrected chi connectivity index (χ0v) is 12.4. The van der Waals surface area contributed by atoms with Crippen LogP contribution in [0.5, 0.6) is 0 Å². The number of nitrogens with zero attached hydrogens (tertiary/aromatic N) is 2. The van der Waals surface area contributed by atoms with Gasteiger partial charge in [0, 0.05) is 37.9 Å². The number of carbonyl (C=O) groups is 2. The van der Waals surface area contributed by atoms with Gasteiger partial charge in [0.05, 0.1) is 18.7 Å². The summed E-state index contributed by atoms with van der Waals surface area (Å²) in [6, 6.07) is 0. The SMILES string of the molecule is CCOC(=O)CCc1csc(N2CCNC(=O)CC2)n1. The van der Waals surface area contributed by atoms with E-state index in [4.69, 9.17) is 4.74 Å². The number of ether oxygens (including phenoxy) is 1. The predicted molar refractivity (Wildman–Crippen MR) is 76.9 cm³/mol. The normalized spacial score (nSPS) is 15.7. The maximum atomic E-state index is 11.3. The average Bonchev–Trinajstić information content (AvgIpc) is 2.79. The van der Waals surface area contributed by atoms with Gasteiger partial charge in [0.2, 0.25) is 5.91 Å². The summed E-state index contributed by atoms with van der Waals surface area (Å²) >= 11 is 1.56. The second kappa shape index (κ2) is 7.23. The van der Waals surface area contributed by atoms with E-state index in [1.54, 1.807) is 18.3 Å². The minimum atomic E-state index is -0.188. The molecule has 1 aliphatic heterocycles. The highest BCUT2D eigenvalue weighted by Gasteiger charge is 2.16. The van der Waals surface area contributed by atoms with Crippen LogP contribution in [-0.4, -0.2) is 43.1 Å². The number of aryl methyl sites for hydroxylation is 1. The van der Waals surface area contributed by atoms with Crippen LogP contribution >= 0.6 is 11.3 Å². The molecule has 1 amide bonds. The molecular weight excluding hydrogens is 278 g/mol. The number of esters is 1. The summed E-state index contributed by atoms with van der Waals surface area (Å²) in [4.78, 5) is 29.2. The highest BCUT2D eigenvalue weighted by Crippen LogP contribution is 2.22. The smallest absolute Gasteiger partial charge is 0.306 e. The largest absolute Gasteiger partial charge is 0.466 e. The molecule has 0 unspecified atom stereocenters. The second-order valence-corrected chi connectivity index (χ2v) is 5.35. The van der Waals surface area contributed by atoms with Crippen LogP contribution < -0.4 is 10.2 Å². The first-order valence-electron chi connectivity index (χ1n) is 6.80. The quantitative estimate of drug-likeness (QED) is 0.820. The molecule has 2 heterocycles. The Hall–Kier alpha value is -1.63. The third-order valence-corrected chi connectivity index (χ3v) is 3.96. The number of thiazole rings is 1. The molecule has 0 aliphatic carbocycles. The molecule has 0 saturated carbocycles. The van der Waals surface area contributed by atoms with Crippen LogP contribution in [0.4, 0.5) is 5.13 Å². The average molecular weight is 297 g/mol. The van der Waals surface area contributed by atoms with Crippen molar-refractivity contribution in [1.29, 1.82) is 0 Å². The Bertz CT molecular complexity index is 475. The van der Waals surface area contributed by atoms with Crippen molar-refractivity contribution >= 4 is 28.3 Å². The monoisotopic (exact) mass is 297 g/mol. The lowest BCUT2D eigenvalue weighted by atomic mass is 10.2. The zero-order chi connectivity index (χ0) is 14.4. The van der Waals surface area contributed by atoms with Crippen LogP contribution in [0, 0.1) is 0 Å². The van der Waals surface area contributed by atoms with Gasteiger partial charge in [0.25, 0.3) is 0 Å². The van der Waals surface area contributed by atoms with Gasteiger partial charge in [-0.25, -0.2) is 4.98 Å². The molecule has 0 atom stereocenters. The van der Waals surface area contributed by atoms with Crippen molar-refractivity contribution in [3.8, 4) is 0 Å². The summed E-state index contributed by atoms with van der Waals surface area (Å²) in [7, 11) is 0. The Labute approximate surface area is 122 Å². The summed E-state index contributed by atoms with van der Waals surface area (Å²) in [5.41, 5.74) is 0.904. The first-order chi connectivity index (χ1) is 9.69. The van der Waals surface area contributed by atoms with Crippen molar-refractivity contribution in [2.45, 2.75) is 26.2 Å². The van der Waals surface area contributed by atoms with Gasteiger partial charge in [-0.15, -0.1) is 11.3 Å². The van der Waals surface area contributed by atoms with Crippen molar-refractivity contribution < 1.29 is 14.3 Å². The van der Waals surface area contributed by atoms with Crippen LogP contribution in [0.3, 0.4) is 0 Å². The Balaban J connectivity index is 1.88. The van der Waals surface area contributed by atoms with Crippen LogP contribution in [0.1, 0.15) is 25.5 Å². The van der Waals surface area contributed by atoms with Crippen molar-refractivity contribution in [2.24, 2.45) is 0 Å². The first kappa shape index (κ1) is 14.8. The third kappa shape index (κ3) is 4.19. The molecule has 1 aromatic rings. The molecule has 2 rings (SSSR count). The van der Waals surface area contributed by atoms with E-state index in [9.17, 15) is 9.59 Å². The van der Waals surface area contributed by atoms with Gasteiger partial charge < -0.3 is 15.0 Å². The number of nitrogens with one attached hydrogen (secondary N) is 1. The van der Waals surface area contributed by atoms with E-state index < -0.39 is 0 Å². The van der Waals surface area contributed by atoms with Crippen LogP contribution in [0.25, 0.3) is 0 Å². The fraction of sp³-hybridized carbons (Fsp3) is 0.615. The molecule has 1 saturated heterocycles. The van der Waals surface area contributed by atoms with Crippen molar-refractivity contribution in [1.82, 2.24) is 10.3 Å². The minimum absolute atomic E-state index is 0.0894. The van der Waals surface area contributed by atoms with Crippen LogP contribution in [-0.2, 0) is 20.7 Å². The van der Waals surface area contributed by atoms with E-state index in [0.717, 1.165) is 17.4 Å². The fourth-order valence-electron chi connectivity index (χ4n) is 1.98. The lowest BCUT2D eigenvalue weighted by molar-refractivity contribution is -0.143. The molecule has 1 N–H and O–H groups in total. The van der Waals surface area contributed by atoms with Gasteiger partial charge in [-0.3, -0.25) is 9.59 Å². The molecule has 0 radical (unpaired) electrons. The number of aromatic nitrogens is 1. The Morgan fingerprint density at radius 2 is 2.40 bits per heavy atom. The van der Waals surface area contributed by atoms with E-state index >= 15 is 0 Å². The number of anilines is 1. The number of amides is 1. The van der Waals surface area contributed by atoms with Gasteiger partial charge in [0.1, 0.15) is 0 Å². The van der Waals surface area contributed by atoms with Gasteiger partial charge >= 0.3 is 5.97 Å². The van der Waals surface area contributed by atoms with E-state index in [2.05, 4.69) is 15.2 Å². The van der Waals surface area contributed by atoms with Crippen molar-refractivity contribution in [3.05, 3.63) is 11.1 Å². The van der Waals surface area contributed by atoms with E-state index in [-0.39, 0.29) is 11.9 Å². The molecule has 110 valence electrons. The summed E-state index contributed by atoms with van der Waals surface area (Å²) in [6.45, 7) is 4.33. The highest BCUT2D eigenvalue weighted by atomic mass is 32.1. The third-order valence-electron chi connectivity index (χ3n) is 3.01. The molecule has 6 nitrogen and oxygen atoms in total. The second-order valence-electron chi connectivity index (χ2n) is 4.51. The lowest BCUT2D eigenvalue weighted by Gasteiger charge is -2.17. The Morgan fingerprint density at radius 3 is 3.20 bits per heavy atom. The maximum Gasteiger partial charge on any atom is 0.306 e. The molecule has 0 bridgehead atoms. The standard InChI is InChI=1S/C13H19N3O3S/c1-2-19-12(18)4-3-10-9-20-13(15-10)16-7-5-11(17)14-6-8-16/h9H,2-8H2,1H3,(H,14,17). The minimum Gasteiger partial charge on any atom is -0.466 e. The number of rotatable bonds is 5. The summed E-state index contributed by atoms with van der Waals surface area (Å²) in [5.74, 6) is -0.0989. The van der Waals surface area contributed by atoms with Gasteiger partial charge in [0.15, 0.2) is 5.13 Å². The molecule has 20 heavy (non-hydrogen) atoms. The van der Waals surface area contributed by atoms with Crippen molar-refractivity contribution in [2.75, 3.05) is 31.1 Å². The summed E-state index contributed by atoms with van der Waals surface area (Å²) in [5, 5.41) is 5.72. The first-order valence-corrected chi connectivity index (χ1v) is 7.68. The number of carbonyl (C=O) groups excluding carboxylic acids is 2. The molecule has 0 spiro atoms. The highest BCUT2D eigenvalue weighted by molar-refractivity contribution is 7.13. The zero-order valence-electron chi connectivity index (χ0n) is 11.6. The number of hydrogen-bond acceptors (Lipinski definition) is 6. The Morgan fingerprint density at radius 1 is 1.55 bits per heavy atom. The van der Waals surface area contributed by atoms with Crippen molar-refractivity contribution in [3.63, 3.8) is 0 Å². The maximum absolute atomic E-state index is 11.3. The Kier molecular flexibility index (Phi) is 5.34. The van der Waals surface area contributed by atoms with Gasteiger partial charge in [-0.05, 0) is 6.92 Å². The number of hydrogen-bond donors (Lipinski definition) is 1. The van der Waals surface area contributed by atoms with E-state index in [1.165, 1.54) is 0 Å². The topological polar surface area (TPSA) is 71.5 Å². The molecule has 1 fully saturated rings. The summed E-state index contributed by atoms with van der Waals surface area (Å²) in [6.07, 6.45) is 1.45. The molecule has 0 aromatic carbocycles.